The average molecular weight is 530 g/mol. The van der Waals surface area contributed by atoms with E-state index in [1.807, 2.05) is 18.2 Å². The zero-order valence-electron chi connectivity index (χ0n) is 21.2. The molecule has 0 amide bonds. The number of furan rings is 1. The highest BCUT2D eigenvalue weighted by molar-refractivity contribution is 6.16. The Morgan fingerprint density at radius 3 is 2.72 bits per heavy atom. The van der Waals surface area contributed by atoms with Gasteiger partial charge in [0.2, 0.25) is 0 Å². The Morgan fingerprint density at radius 2 is 1.97 bits per heavy atom. The van der Waals surface area contributed by atoms with Gasteiger partial charge in [0.25, 0.3) is 0 Å². The number of rotatable bonds is 7. The summed E-state index contributed by atoms with van der Waals surface area (Å²) in [7, 11) is 0. The minimum Gasteiger partial charge on any atom is -0.507 e. The van der Waals surface area contributed by atoms with Crippen LogP contribution >= 0.6 is 0 Å². The van der Waals surface area contributed by atoms with E-state index < -0.39 is 12.0 Å². The Bertz CT molecular complexity index is 1610. The summed E-state index contributed by atoms with van der Waals surface area (Å²) >= 11 is 0. The van der Waals surface area contributed by atoms with Crippen molar-refractivity contribution in [2.24, 2.45) is 0 Å². The molecule has 3 N–H and O–H groups in total. The van der Waals surface area contributed by atoms with Crippen LogP contribution in [0.25, 0.3) is 21.7 Å². The fourth-order valence-electron chi connectivity index (χ4n) is 5.56. The zero-order chi connectivity index (χ0) is 26.9. The summed E-state index contributed by atoms with van der Waals surface area (Å²) in [5, 5.41) is 26.7. The molecule has 1 unspecified atom stereocenters. The molecular weight excluding hydrogens is 501 g/mol. The van der Waals surface area contributed by atoms with Gasteiger partial charge >= 0.3 is 5.97 Å². The first kappa shape index (κ1) is 25.1. The number of aromatic carboxylic acids is 1. The van der Waals surface area contributed by atoms with E-state index >= 15 is 0 Å². The number of allylic oxidation sites excluding steroid dienone is 2. The molecule has 0 radical (unpaired) electrons. The number of carboxylic acid groups (broad SMARTS) is 1. The molecule has 1 atom stereocenters. The second-order valence-corrected chi connectivity index (χ2v) is 9.79. The number of pyridine rings is 1. The van der Waals surface area contributed by atoms with Crippen molar-refractivity contribution in [3.05, 3.63) is 89.2 Å². The van der Waals surface area contributed by atoms with Gasteiger partial charge in [0.1, 0.15) is 41.3 Å². The number of nitrogens with one attached hydrogen (secondary N) is 1. The molecule has 0 saturated carbocycles. The third-order valence-electron chi connectivity index (χ3n) is 7.39. The van der Waals surface area contributed by atoms with Gasteiger partial charge in [-0.05, 0) is 54.0 Å². The number of carbonyl (C=O) groups is 1. The van der Waals surface area contributed by atoms with E-state index in [9.17, 15) is 19.4 Å². The number of hydrogen-bond acceptors (Lipinski definition) is 7. The predicted molar refractivity (Wildman–Crippen MR) is 145 cm³/mol. The van der Waals surface area contributed by atoms with Crippen LogP contribution in [0.3, 0.4) is 0 Å². The molecule has 2 aromatic heterocycles. The van der Waals surface area contributed by atoms with E-state index in [1.54, 1.807) is 30.6 Å². The first-order valence-corrected chi connectivity index (χ1v) is 13.0. The number of hydrogen-bond donors (Lipinski definition) is 3. The zero-order valence-corrected chi connectivity index (χ0v) is 21.2. The quantitative estimate of drug-likeness (QED) is 0.295. The monoisotopic (exact) mass is 529 g/mol. The summed E-state index contributed by atoms with van der Waals surface area (Å²) < 4.78 is 25.5. The number of aromatic nitrogens is 1. The summed E-state index contributed by atoms with van der Waals surface area (Å²) in [6, 6.07) is 8.54. The minimum absolute atomic E-state index is 0.00948. The second kappa shape index (κ2) is 10.5. The number of ether oxygens (including phenoxy) is 1. The second-order valence-electron chi connectivity index (χ2n) is 9.79. The van der Waals surface area contributed by atoms with Crippen LogP contribution in [0.4, 0.5) is 4.39 Å². The molecule has 2 aromatic carbocycles. The number of benzene rings is 2. The number of phenolic OH excluding ortho intramolecular Hbond substituents is 1. The summed E-state index contributed by atoms with van der Waals surface area (Å²) in [5.41, 5.74) is 2.48. The van der Waals surface area contributed by atoms with Gasteiger partial charge in [0, 0.05) is 66.7 Å². The Labute approximate surface area is 224 Å². The number of phenols is 1. The molecule has 4 aromatic rings. The van der Waals surface area contributed by atoms with Gasteiger partial charge in [-0.15, -0.1) is 0 Å². The number of carboxylic acids is 1. The Kier molecular flexibility index (Phi) is 6.76. The molecule has 0 bridgehead atoms. The molecular formula is C30H28FN3O5. The van der Waals surface area contributed by atoms with Crippen molar-refractivity contribution >= 4 is 27.7 Å². The van der Waals surface area contributed by atoms with Gasteiger partial charge in [-0.2, -0.15) is 0 Å². The number of nitrogens with zero attached hydrogens (tertiary/aromatic N) is 2. The number of aromatic hydroxyl groups is 1. The summed E-state index contributed by atoms with van der Waals surface area (Å²) in [4.78, 5) is 18.7. The van der Waals surface area contributed by atoms with Crippen molar-refractivity contribution in [3.63, 3.8) is 0 Å². The molecule has 39 heavy (non-hydrogen) atoms. The predicted octanol–water partition coefficient (Wildman–Crippen LogP) is 5.33. The van der Waals surface area contributed by atoms with E-state index in [0.717, 1.165) is 24.2 Å². The highest BCUT2D eigenvalue weighted by atomic mass is 19.1. The van der Waals surface area contributed by atoms with Gasteiger partial charge in [0.15, 0.2) is 0 Å². The minimum atomic E-state index is -1.14. The number of fused-ring (bicyclic) bond motifs is 3. The van der Waals surface area contributed by atoms with Crippen LogP contribution < -0.4 is 10.1 Å². The largest absolute Gasteiger partial charge is 0.507 e. The van der Waals surface area contributed by atoms with Crippen LogP contribution in [0.15, 0.2) is 77.0 Å². The fraction of sp³-hybridized carbons (Fsp3) is 0.267. The third kappa shape index (κ3) is 4.75. The Morgan fingerprint density at radius 1 is 1.18 bits per heavy atom. The smallest absolute Gasteiger partial charge is 0.339 e. The molecule has 6 rings (SSSR count). The summed E-state index contributed by atoms with van der Waals surface area (Å²) in [6.07, 6.45) is 9.09. The lowest BCUT2D eigenvalue weighted by molar-refractivity contribution is 0.0698. The first-order chi connectivity index (χ1) is 19.0. The van der Waals surface area contributed by atoms with Crippen LogP contribution in [0.5, 0.6) is 11.5 Å². The SMILES string of the molecule is O=C(O)c1coc2c1c(C(c1ccncc1)N1CCNCC1)c(O)c1cc(OCC3=CCCC(F)=C3)ccc12. The van der Waals surface area contributed by atoms with Crippen LogP contribution in [0, 0.1) is 0 Å². The van der Waals surface area contributed by atoms with Crippen LogP contribution in [-0.4, -0.2) is 58.9 Å². The topological polar surface area (TPSA) is 108 Å². The molecule has 3 heterocycles. The molecule has 1 aliphatic carbocycles. The van der Waals surface area contributed by atoms with Crippen molar-refractivity contribution in [2.75, 3.05) is 32.8 Å². The van der Waals surface area contributed by atoms with Crippen LogP contribution in [0.2, 0.25) is 0 Å². The van der Waals surface area contributed by atoms with E-state index in [1.165, 1.54) is 12.3 Å². The molecule has 1 aliphatic heterocycles. The normalized spacial score (nSPS) is 17.2. The van der Waals surface area contributed by atoms with Gasteiger partial charge in [-0.1, -0.05) is 6.08 Å². The van der Waals surface area contributed by atoms with E-state index in [4.69, 9.17) is 9.15 Å². The maximum Gasteiger partial charge on any atom is 0.339 e. The molecule has 8 nitrogen and oxygen atoms in total. The molecule has 0 spiro atoms. The summed E-state index contributed by atoms with van der Waals surface area (Å²) in [5.74, 6) is -0.837. The summed E-state index contributed by atoms with van der Waals surface area (Å²) in [6.45, 7) is 3.13. The van der Waals surface area contributed by atoms with Crippen molar-refractivity contribution in [2.45, 2.75) is 18.9 Å². The third-order valence-corrected chi connectivity index (χ3v) is 7.39. The molecule has 1 fully saturated rings. The van der Waals surface area contributed by atoms with Gasteiger partial charge in [0.05, 0.1) is 6.04 Å². The van der Waals surface area contributed by atoms with Crippen LogP contribution in [-0.2, 0) is 0 Å². The van der Waals surface area contributed by atoms with Crippen molar-refractivity contribution in [1.29, 1.82) is 0 Å². The molecule has 200 valence electrons. The van der Waals surface area contributed by atoms with E-state index in [0.29, 0.717) is 59.0 Å². The standard InChI is InChI=1S/C30H28FN3O5/c31-20-3-1-2-18(14-20)16-38-21-4-5-22-23(15-21)28(35)26(25-24(30(36)37)17-39-29(22)25)27(19-6-8-32-9-7-19)34-12-10-33-11-13-34/h2,4-9,14-15,17,27,33,35H,1,3,10-13,16H2,(H,36,37). The highest BCUT2D eigenvalue weighted by Crippen LogP contribution is 2.47. The maximum absolute atomic E-state index is 13.7. The van der Waals surface area contributed by atoms with Gasteiger partial charge in [-0.25, -0.2) is 9.18 Å². The lowest BCUT2D eigenvalue weighted by Gasteiger charge is -2.36. The number of piperazine rings is 1. The van der Waals surface area contributed by atoms with Crippen molar-refractivity contribution in [1.82, 2.24) is 15.2 Å². The van der Waals surface area contributed by atoms with Gasteiger partial charge < -0.3 is 24.7 Å². The van der Waals surface area contributed by atoms with Crippen LogP contribution in [0.1, 0.15) is 40.4 Å². The van der Waals surface area contributed by atoms with E-state index in [-0.39, 0.29) is 23.7 Å². The molecule has 1 saturated heterocycles. The lowest BCUT2D eigenvalue weighted by atomic mass is 9.89. The average Bonchev–Trinajstić information content (AvgIpc) is 3.40. The lowest BCUT2D eigenvalue weighted by Crippen LogP contribution is -2.45. The highest BCUT2D eigenvalue weighted by Gasteiger charge is 2.33. The van der Waals surface area contributed by atoms with E-state index in [2.05, 4.69) is 15.2 Å². The van der Waals surface area contributed by atoms with Crippen molar-refractivity contribution in [3.8, 4) is 11.5 Å². The molecule has 9 heteroatoms. The Hall–Kier alpha value is -4.21. The number of halogens is 1. The fourth-order valence-corrected chi connectivity index (χ4v) is 5.56. The first-order valence-electron chi connectivity index (χ1n) is 13.0. The molecule has 2 aliphatic rings. The maximum atomic E-state index is 13.7. The van der Waals surface area contributed by atoms with Crippen molar-refractivity contribution < 1.29 is 28.6 Å². The Balaban J connectivity index is 1.53. The van der Waals surface area contributed by atoms with Gasteiger partial charge in [-0.3, -0.25) is 9.88 Å².